The normalized spacial score (nSPS) is 19.5. The van der Waals surface area contributed by atoms with Crippen LogP contribution in [0.25, 0.3) is 0 Å². The monoisotopic (exact) mass is 575 g/mol. The van der Waals surface area contributed by atoms with Gasteiger partial charge in [0.1, 0.15) is 5.82 Å². The second kappa shape index (κ2) is 11.6. The maximum atomic E-state index is 13.9. The molecule has 2 aromatic rings. The summed E-state index contributed by atoms with van der Waals surface area (Å²) in [5.74, 6) is -0.423. The average Bonchev–Trinajstić information content (AvgIpc) is 2.84. The molecule has 0 bridgehead atoms. The summed E-state index contributed by atoms with van der Waals surface area (Å²) in [5.41, 5.74) is -1.76. The second-order valence-electron chi connectivity index (χ2n) is 11.8. The van der Waals surface area contributed by atoms with E-state index in [9.17, 15) is 35.5 Å². The van der Waals surface area contributed by atoms with E-state index in [-0.39, 0.29) is 23.1 Å². The van der Waals surface area contributed by atoms with Crippen LogP contribution in [0.15, 0.2) is 36.4 Å². The van der Waals surface area contributed by atoms with Crippen LogP contribution in [0.4, 0.5) is 35.5 Å². The molecule has 222 valence electrons. The van der Waals surface area contributed by atoms with E-state index in [0.29, 0.717) is 37.1 Å². The lowest BCUT2D eigenvalue weighted by Gasteiger charge is -2.43. The van der Waals surface area contributed by atoms with Crippen LogP contribution in [0.1, 0.15) is 80.4 Å². The van der Waals surface area contributed by atoms with Crippen molar-refractivity contribution in [1.82, 2.24) is 15.1 Å². The summed E-state index contributed by atoms with van der Waals surface area (Å²) in [6, 6.07) is 3.61. The highest BCUT2D eigenvalue weighted by Gasteiger charge is 2.39. The number of carbonyl (C=O) groups is 1. The third-order valence-corrected chi connectivity index (χ3v) is 7.34. The van der Waals surface area contributed by atoms with Crippen LogP contribution < -0.4 is 5.32 Å². The Bertz CT molecular complexity index is 1170. The molecule has 2 amide bonds. The van der Waals surface area contributed by atoms with Gasteiger partial charge in [-0.05, 0) is 79.1 Å². The zero-order chi connectivity index (χ0) is 30.2. The number of hydrogen-bond donors (Lipinski definition) is 1. The van der Waals surface area contributed by atoms with Crippen molar-refractivity contribution in [2.24, 2.45) is 5.41 Å². The van der Waals surface area contributed by atoms with Gasteiger partial charge in [-0.25, -0.2) is 9.18 Å². The van der Waals surface area contributed by atoms with Crippen LogP contribution in [-0.2, 0) is 12.4 Å². The Balaban J connectivity index is 1.94. The molecular formula is C29H36F7N3O. The largest absolute Gasteiger partial charge is 0.416 e. The van der Waals surface area contributed by atoms with E-state index in [4.69, 9.17) is 0 Å². The Kier molecular flexibility index (Phi) is 9.18. The molecule has 0 radical (unpaired) electrons. The summed E-state index contributed by atoms with van der Waals surface area (Å²) >= 11 is 0. The fourth-order valence-corrected chi connectivity index (χ4v) is 4.95. The first kappa shape index (κ1) is 31.7. The maximum Gasteiger partial charge on any atom is 0.416 e. The van der Waals surface area contributed by atoms with E-state index >= 15 is 0 Å². The van der Waals surface area contributed by atoms with Gasteiger partial charge in [0.05, 0.1) is 23.2 Å². The lowest BCUT2D eigenvalue weighted by Crippen LogP contribution is -2.51. The van der Waals surface area contributed by atoms with Crippen molar-refractivity contribution in [3.05, 3.63) is 70.0 Å². The van der Waals surface area contributed by atoms with E-state index in [1.807, 2.05) is 0 Å². The van der Waals surface area contributed by atoms with Gasteiger partial charge in [-0.15, -0.1) is 0 Å². The van der Waals surface area contributed by atoms with Gasteiger partial charge in [0.25, 0.3) is 0 Å². The first-order valence-electron chi connectivity index (χ1n) is 13.1. The van der Waals surface area contributed by atoms with Gasteiger partial charge in [-0.2, -0.15) is 26.3 Å². The Morgan fingerprint density at radius 3 is 2.10 bits per heavy atom. The zero-order valence-corrected chi connectivity index (χ0v) is 23.5. The third-order valence-electron chi connectivity index (χ3n) is 7.34. The highest BCUT2D eigenvalue weighted by atomic mass is 19.4. The average molecular weight is 576 g/mol. The van der Waals surface area contributed by atoms with Crippen molar-refractivity contribution in [3.8, 4) is 0 Å². The van der Waals surface area contributed by atoms with Crippen molar-refractivity contribution in [3.63, 3.8) is 0 Å². The number of hydrogen-bond acceptors (Lipinski definition) is 2. The van der Waals surface area contributed by atoms with Gasteiger partial charge >= 0.3 is 18.4 Å². The Hall–Kier alpha value is -2.82. The standard InChI is InChI=1S/C29H36F7N3O/c1-17-11-22(30)7-8-24(17)25-15-23(37-16-27(3,4)5)9-10-39(25)26(40)38(6)18(2)19-12-20(28(31,32)33)14-21(13-19)29(34,35)36/h7-8,11-14,18,23,25,37H,9-10,15-16H2,1-6H3/t18-,23?,25?/m1/s1. The SMILES string of the molecule is Cc1cc(F)ccc1C1CC(NCC(C)(C)C)CCN1C(=O)N(C)[C@H](C)c1cc(C(F)(F)F)cc(C(F)(F)F)c1. The summed E-state index contributed by atoms with van der Waals surface area (Å²) in [4.78, 5) is 16.5. The summed E-state index contributed by atoms with van der Waals surface area (Å²) < 4.78 is 94.5. The molecule has 0 saturated carbocycles. The van der Waals surface area contributed by atoms with E-state index in [1.54, 1.807) is 17.9 Å². The molecule has 40 heavy (non-hydrogen) atoms. The lowest BCUT2D eigenvalue weighted by atomic mass is 9.88. The van der Waals surface area contributed by atoms with E-state index < -0.39 is 47.4 Å². The van der Waals surface area contributed by atoms with Crippen molar-refractivity contribution in [2.75, 3.05) is 20.1 Å². The molecule has 1 aliphatic rings. The Morgan fingerprint density at radius 2 is 1.60 bits per heavy atom. The van der Waals surface area contributed by atoms with Crippen LogP contribution in [-0.4, -0.2) is 42.0 Å². The van der Waals surface area contributed by atoms with Gasteiger partial charge in [0.2, 0.25) is 0 Å². The van der Waals surface area contributed by atoms with Crippen LogP contribution in [0.3, 0.4) is 0 Å². The van der Waals surface area contributed by atoms with Gasteiger partial charge in [0, 0.05) is 26.2 Å². The zero-order valence-electron chi connectivity index (χ0n) is 23.5. The van der Waals surface area contributed by atoms with Crippen LogP contribution >= 0.6 is 0 Å². The number of carbonyl (C=O) groups excluding carboxylic acids is 1. The van der Waals surface area contributed by atoms with Crippen LogP contribution in [0.2, 0.25) is 0 Å². The molecule has 3 rings (SSSR count). The van der Waals surface area contributed by atoms with Gasteiger partial charge in [-0.3, -0.25) is 0 Å². The van der Waals surface area contributed by atoms with Gasteiger partial charge in [-0.1, -0.05) is 26.8 Å². The number of benzene rings is 2. The predicted octanol–water partition coefficient (Wildman–Crippen LogP) is 8.13. The topological polar surface area (TPSA) is 35.6 Å². The highest BCUT2D eigenvalue weighted by molar-refractivity contribution is 5.75. The van der Waals surface area contributed by atoms with Crippen molar-refractivity contribution in [2.45, 2.75) is 77.9 Å². The number of urea groups is 1. The molecule has 1 heterocycles. The van der Waals surface area contributed by atoms with E-state index in [2.05, 4.69) is 26.1 Å². The number of amides is 2. The number of nitrogens with zero attached hydrogens (tertiary/aromatic N) is 2. The fourth-order valence-electron chi connectivity index (χ4n) is 4.95. The summed E-state index contributed by atoms with van der Waals surface area (Å²) in [6.45, 7) is 10.4. The minimum atomic E-state index is -4.99. The predicted molar refractivity (Wildman–Crippen MR) is 139 cm³/mol. The van der Waals surface area contributed by atoms with Crippen LogP contribution in [0, 0.1) is 18.2 Å². The number of aryl methyl sites for hydroxylation is 1. The summed E-state index contributed by atoms with van der Waals surface area (Å²) in [5, 5.41) is 3.53. The molecule has 2 unspecified atom stereocenters. The van der Waals surface area contributed by atoms with E-state index in [1.165, 1.54) is 26.1 Å². The van der Waals surface area contributed by atoms with Crippen molar-refractivity contribution in [1.29, 1.82) is 0 Å². The molecule has 1 aliphatic heterocycles. The first-order chi connectivity index (χ1) is 18.3. The number of halogens is 7. The number of likely N-dealkylation sites (tertiary alicyclic amines) is 1. The Morgan fingerprint density at radius 1 is 1.02 bits per heavy atom. The molecule has 4 nitrogen and oxygen atoms in total. The minimum Gasteiger partial charge on any atom is -0.321 e. The molecule has 0 aromatic heterocycles. The van der Waals surface area contributed by atoms with Crippen molar-refractivity contribution < 1.29 is 35.5 Å². The number of alkyl halides is 6. The molecule has 1 saturated heterocycles. The van der Waals surface area contributed by atoms with Gasteiger partial charge < -0.3 is 15.1 Å². The van der Waals surface area contributed by atoms with Crippen molar-refractivity contribution >= 4 is 6.03 Å². The Labute approximate surface area is 230 Å². The lowest BCUT2D eigenvalue weighted by molar-refractivity contribution is -0.143. The highest BCUT2D eigenvalue weighted by Crippen LogP contribution is 2.39. The van der Waals surface area contributed by atoms with Gasteiger partial charge in [0.15, 0.2) is 0 Å². The molecule has 2 aromatic carbocycles. The molecule has 3 atom stereocenters. The molecule has 11 heteroatoms. The molecular weight excluding hydrogens is 539 g/mol. The third kappa shape index (κ3) is 7.67. The quantitative estimate of drug-likeness (QED) is 0.366. The number of piperidine rings is 1. The smallest absolute Gasteiger partial charge is 0.321 e. The molecule has 0 spiro atoms. The summed E-state index contributed by atoms with van der Waals surface area (Å²) in [7, 11) is 1.36. The minimum absolute atomic E-state index is 0.0180. The molecule has 0 aliphatic carbocycles. The molecule has 1 fully saturated rings. The number of nitrogens with one attached hydrogen (secondary N) is 1. The molecule has 1 N–H and O–H groups in total. The number of rotatable bonds is 5. The summed E-state index contributed by atoms with van der Waals surface area (Å²) in [6.07, 6.45) is -8.88. The van der Waals surface area contributed by atoms with Crippen LogP contribution in [0.5, 0.6) is 0 Å². The maximum absolute atomic E-state index is 13.9. The fraction of sp³-hybridized carbons (Fsp3) is 0.552. The van der Waals surface area contributed by atoms with E-state index in [0.717, 1.165) is 17.0 Å². The first-order valence-corrected chi connectivity index (χ1v) is 13.1. The second-order valence-corrected chi connectivity index (χ2v) is 11.8.